The molecule has 6 nitrogen and oxygen atoms in total. The SMILES string of the molecule is CC1=CC(=O)C2=C(C)C[C@H](O)[C@@H]3[C@H](OC(=O)[C@@]3(O)CO)C12. The molecular formula is C15H18O6. The van der Waals surface area contributed by atoms with Crippen LogP contribution in [-0.4, -0.2) is 51.5 Å². The average molecular weight is 294 g/mol. The van der Waals surface area contributed by atoms with E-state index in [2.05, 4.69) is 0 Å². The third kappa shape index (κ3) is 1.76. The minimum absolute atomic E-state index is 0.140. The lowest BCUT2D eigenvalue weighted by Gasteiger charge is -2.30. The first-order valence-corrected chi connectivity index (χ1v) is 6.95. The van der Waals surface area contributed by atoms with Crippen LogP contribution in [0.4, 0.5) is 0 Å². The monoisotopic (exact) mass is 294 g/mol. The topological polar surface area (TPSA) is 104 Å². The van der Waals surface area contributed by atoms with Crippen LogP contribution in [0.2, 0.25) is 0 Å². The Morgan fingerprint density at radius 2 is 2.05 bits per heavy atom. The summed E-state index contributed by atoms with van der Waals surface area (Å²) in [4.78, 5) is 24.1. The summed E-state index contributed by atoms with van der Waals surface area (Å²) in [6.45, 7) is 2.71. The molecule has 21 heavy (non-hydrogen) atoms. The Labute approximate surface area is 121 Å². The fraction of sp³-hybridized carbons (Fsp3) is 0.600. The minimum Gasteiger partial charge on any atom is -0.459 e. The van der Waals surface area contributed by atoms with Gasteiger partial charge in [0.05, 0.1) is 18.6 Å². The van der Waals surface area contributed by atoms with E-state index in [0.29, 0.717) is 5.57 Å². The van der Waals surface area contributed by atoms with Crippen molar-refractivity contribution in [2.45, 2.75) is 38.1 Å². The second kappa shape index (κ2) is 4.50. The van der Waals surface area contributed by atoms with Gasteiger partial charge in [0.25, 0.3) is 0 Å². The predicted octanol–water partition coefficient (Wildman–Crippen LogP) is -0.522. The van der Waals surface area contributed by atoms with E-state index in [1.807, 2.05) is 0 Å². The second-order valence-electron chi connectivity index (χ2n) is 6.17. The first-order valence-electron chi connectivity index (χ1n) is 6.95. The van der Waals surface area contributed by atoms with Gasteiger partial charge in [-0.25, -0.2) is 4.79 Å². The Bertz CT molecular complexity index is 589. The Morgan fingerprint density at radius 1 is 1.38 bits per heavy atom. The zero-order valence-corrected chi connectivity index (χ0v) is 11.9. The van der Waals surface area contributed by atoms with Gasteiger partial charge in [0.2, 0.25) is 0 Å². The van der Waals surface area contributed by atoms with Crippen molar-refractivity contribution in [2.75, 3.05) is 6.61 Å². The molecule has 3 rings (SSSR count). The molecule has 0 radical (unpaired) electrons. The van der Waals surface area contributed by atoms with E-state index in [-0.39, 0.29) is 12.2 Å². The van der Waals surface area contributed by atoms with E-state index >= 15 is 0 Å². The Kier molecular flexibility index (Phi) is 3.09. The van der Waals surface area contributed by atoms with Gasteiger partial charge in [-0.15, -0.1) is 0 Å². The van der Waals surface area contributed by atoms with Gasteiger partial charge < -0.3 is 20.1 Å². The van der Waals surface area contributed by atoms with E-state index < -0.39 is 42.2 Å². The Hall–Kier alpha value is -1.50. The summed E-state index contributed by atoms with van der Waals surface area (Å²) in [6, 6.07) is 0. The van der Waals surface area contributed by atoms with Crippen molar-refractivity contribution >= 4 is 11.8 Å². The first kappa shape index (κ1) is 14.4. The summed E-state index contributed by atoms with van der Waals surface area (Å²) in [5, 5.41) is 30.2. The summed E-state index contributed by atoms with van der Waals surface area (Å²) < 4.78 is 5.27. The number of hydrogen-bond donors (Lipinski definition) is 3. The Balaban J connectivity index is 2.14. The molecule has 1 unspecified atom stereocenters. The number of aliphatic hydroxyl groups is 3. The van der Waals surface area contributed by atoms with Gasteiger partial charge in [-0.1, -0.05) is 11.1 Å². The standard InChI is InChI=1S/C15H18O6/c1-6-4-9(18)12-13(21-14(19)15(12,20)5-16)11-7(2)3-8(17)10(6)11/h3,9,11-13,16,18,20H,4-5H2,1-2H3/t9-,11?,12+,13+,15+/m0/s1. The molecule has 1 aliphatic heterocycles. The summed E-state index contributed by atoms with van der Waals surface area (Å²) >= 11 is 0. The van der Waals surface area contributed by atoms with Crippen LogP contribution in [0.25, 0.3) is 0 Å². The largest absolute Gasteiger partial charge is 0.459 e. The summed E-state index contributed by atoms with van der Waals surface area (Å²) in [5.74, 6) is -2.49. The van der Waals surface area contributed by atoms with Crippen molar-refractivity contribution in [1.29, 1.82) is 0 Å². The number of allylic oxidation sites excluding steroid dienone is 1. The van der Waals surface area contributed by atoms with Crippen LogP contribution in [0, 0.1) is 11.8 Å². The lowest BCUT2D eigenvalue weighted by Crippen LogP contribution is -2.51. The van der Waals surface area contributed by atoms with Crippen molar-refractivity contribution < 1.29 is 29.6 Å². The molecule has 6 heteroatoms. The zero-order chi connectivity index (χ0) is 15.5. The molecule has 1 saturated heterocycles. The maximum Gasteiger partial charge on any atom is 0.341 e. The summed E-state index contributed by atoms with van der Waals surface area (Å²) in [5.41, 5.74) is -0.107. The molecule has 0 saturated carbocycles. The number of aliphatic hydroxyl groups excluding tert-OH is 2. The number of ketones is 1. The molecule has 0 amide bonds. The van der Waals surface area contributed by atoms with Crippen molar-refractivity contribution in [3.8, 4) is 0 Å². The fourth-order valence-corrected chi connectivity index (χ4v) is 3.89. The number of hydrogen-bond acceptors (Lipinski definition) is 6. The molecule has 0 bridgehead atoms. The van der Waals surface area contributed by atoms with Crippen LogP contribution in [0.3, 0.4) is 0 Å². The highest BCUT2D eigenvalue weighted by Gasteiger charge is 2.63. The van der Waals surface area contributed by atoms with Crippen LogP contribution in [0.15, 0.2) is 22.8 Å². The van der Waals surface area contributed by atoms with E-state index in [1.165, 1.54) is 6.08 Å². The van der Waals surface area contributed by atoms with E-state index in [0.717, 1.165) is 11.1 Å². The molecule has 3 N–H and O–H groups in total. The molecule has 0 aromatic heterocycles. The normalized spacial score (nSPS) is 42.4. The number of carbonyl (C=O) groups excluding carboxylic acids is 2. The van der Waals surface area contributed by atoms with Crippen LogP contribution in [0.1, 0.15) is 20.3 Å². The number of fused-ring (bicyclic) bond motifs is 3. The van der Waals surface area contributed by atoms with Crippen LogP contribution in [-0.2, 0) is 14.3 Å². The number of carbonyl (C=O) groups is 2. The van der Waals surface area contributed by atoms with Crippen molar-refractivity contribution in [3.63, 3.8) is 0 Å². The van der Waals surface area contributed by atoms with E-state index in [9.17, 15) is 24.9 Å². The van der Waals surface area contributed by atoms with Gasteiger partial charge in [0.15, 0.2) is 11.4 Å². The molecule has 0 aromatic rings. The second-order valence-corrected chi connectivity index (χ2v) is 6.17. The van der Waals surface area contributed by atoms with Crippen LogP contribution >= 0.6 is 0 Å². The summed E-state index contributed by atoms with van der Waals surface area (Å²) in [6.07, 6.45) is -0.224. The fourth-order valence-electron chi connectivity index (χ4n) is 3.89. The van der Waals surface area contributed by atoms with Gasteiger partial charge in [0, 0.05) is 11.5 Å². The third-order valence-corrected chi connectivity index (χ3v) is 4.89. The van der Waals surface area contributed by atoms with Crippen LogP contribution in [0.5, 0.6) is 0 Å². The summed E-state index contributed by atoms with van der Waals surface area (Å²) in [7, 11) is 0. The molecule has 5 atom stereocenters. The van der Waals surface area contributed by atoms with Crippen LogP contribution < -0.4 is 0 Å². The first-order chi connectivity index (χ1) is 9.81. The predicted molar refractivity (Wildman–Crippen MR) is 71.0 cm³/mol. The lowest BCUT2D eigenvalue weighted by atomic mass is 9.77. The molecule has 1 fully saturated rings. The maximum atomic E-state index is 12.1. The lowest BCUT2D eigenvalue weighted by molar-refractivity contribution is -0.160. The minimum atomic E-state index is -2.12. The average Bonchev–Trinajstić information content (AvgIpc) is 2.80. The number of esters is 1. The van der Waals surface area contributed by atoms with E-state index in [4.69, 9.17) is 4.74 Å². The smallest absolute Gasteiger partial charge is 0.341 e. The van der Waals surface area contributed by atoms with Crippen molar-refractivity contribution in [3.05, 3.63) is 22.8 Å². The number of rotatable bonds is 1. The highest BCUT2D eigenvalue weighted by atomic mass is 16.6. The van der Waals surface area contributed by atoms with Crippen molar-refractivity contribution in [2.24, 2.45) is 11.8 Å². The number of ether oxygens (including phenoxy) is 1. The van der Waals surface area contributed by atoms with E-state index in [1.54, 1.807) is 13.8 Å². The molecule has 1 heterocycles. The molecule has 2 aliphatic carbocycles. The van der Waals surface area contributed by atoms with Gasteiger partial charge in [-0.05, 0) is 26.3 Å². The zero-order valence-electron chi connectivity index (χ0n) is 11.9. The van der Waals surface area contributed by atoms with Gasteiger partial charge >= 0.3 is 5.97 Å². The third-order valence-electron chi connectivity index (χ3n) is 4.89. The molecule has 0 spiro atoms. The van der Waals surface area contributed by atoms with Gasteiger partial charge in [-0.3, -0.25) is 4.79 Å². The van der Waals surface area contributed by atoms with Gasteiger partial charge in [0.1, 0.15) is 6.10 Å². The van der Waals surface area contributed by atoms with Crippen molar-refractivity contribution in [1.82, 2.24) is 0 Å². The Morgan fingerprint density at radius 3 is 2.67 bits per heavy atom. The maximum absolute atomic E-state index is 12.1. The molecule has 114 valence electrons. The molecular weight excluding hydrogens is 276 g/mol. The highest BCUT2D eigenvalue weighted by molar-refractivity contribution is 6.09. The highest BCUT2D eigenvalue weighted by Crippen LogP contribution is 2.49. The quantitative estimate of drug-likeness (QED) is 0.562. The molecule has 0 aromatic carbocycles. The molecule has 3 aliphatic rings. The van der Waals surface area contributed by atoms with Gasteiger partial charge in [-0.2, -0.15) is 0 Å².